The number of hydrogen-bond acceptors (Lipinski definition) is 6. The van der Waals surface area contributed by atoms with Crippen molar-refractivity contribution in [3.8, 4) is 11.6 Å². The second kappa shape index (κ2) is 5.64. The molecule has 2 rings (SSSR count). The molecule has 0 bridgehead atoms. The summed E-state index contributed by atoms with van der Waals surface area (Å²) in [6.07, 6.45) is 4.61. The van der Waals surface area contributed by atoms with Crippen LogP contribution >= 0.6 is 0 Å². The molecule has 7 heteroatoms. The van der Waals surface area contributed by atoms with Gasteiger partial charge in [-0.25, -0.2) is 4.98 Å². The van der Waals surface area contributed by atoms with Crippen molar-refractivity contribution in [1.29, 1.82) is 0 Å². The van der Waals surface area contributed by atoms with Crippen molar-refractivity contribution < 1.29 is 0 Å². The summed E-state index contributed by atoms with van der Waals surface area (Å²) in [7, 11) is 5.73. The molecule has 0 unspecified atom stereocenters. The van der Waals surface area contributed by atoms with Crippen molar-refractivity contribution in [2.24, 2.45) is 7.05 Å². The average molecular weight is 261 g/mol. The monoisotopic (exact) mass is 261 g/mol. The molecular weight excluding hydrogens is 242 g/mol. The zero-order valence-corrected chi connectivity index (χ0v) is 11.8. The Labute approximate surface area is 112 Å². The van der Waals surface area contributed by atoms with E-state index in [1.54, 1.807) is 6.20 Å². The lowest BCUT2D eigenvalue weighted by molar-refractivity contribution is 0.880. The number of hydrogen-bond donors (Lipinski definition) is 1. The van der Waals surface area contributed by atoms with E-state index in [0.29, 0.717) is 17.7 Å². The average Bonchev–Trinajstić information content (AvgIpc) is 2.82. The molecular formula is C12H19N7. The Morgan fingerprint density at radius 2 is 2.05 bits per heavy atom. The minimum absolute atomic E-state index is 0.574. The Morgan fingerprint density at radius 1 is 1.26 bits per heavy atom. The molecule has 0 aliphatic carbocycles. The first-order chi connectivity index (χ1) is 9.11. The molecule has 0 aromatic carbocycles. The number of imidazole rings is 1. The molecule has 0 amide bonds. The first kappa shape index (κ1) is 13.3. The summed E-state index contributed by atoms with van der Waals surface area (Å²) in [5.41, 5.74) is 0. The van der Waals surface area contributed by atoms with E-state index in [-0.39, 0.29) is 0 Å². The van der Waals surface area contributed by atoms with Crippen LogP contribution in [0.5, 0.6) is 0 Å². The maximum absolute atomic E-state index is 4.42. The van der Waals surface area contributed by atoms with Crippen molar-refractivity contribution >= 4 is 11.9 Å². The summed E-state index contributed by atoms with van der Waals surface area (Å²) in [5.74, 6) is 2.50. The van der Waals surface area contributed by atoms with Crippen LogP contribution in [0.2, 0.25) is 0 Å². The third kappa shape index (κ3) is 2.98. The van der Waals surface area contributed by atoms with Crippen molar-refractivity contribution in [3.63, 3.8) is 0 Å². The molecule has 0 saturated carbocycles. The molecule has 0 aliphatic rings. The summed E-state index contributed by atoms with van der Waals surface area (Å²) in [6, 6.07) is 0. The van der Waals surface area contributed by atoms with Gasteiger partial charge in [-0.2, -0.15) is 15.0 Å². The van der Waals surface area contributed by atoms with Gasteiger partial charge in [0.1, 0.15) is 0 Å². The Morgan fingerprint density at radius 3 is 2.63 bits per heavy atom. The van der Waals surface area contributed by atoms with Crippen molar-refractivity contribution in [3.05, 3.63) is 12.4 Å². The number of anilines is 2. The van der Waals surface area contributed by atoms with E-state index < -0.39 is 0 Å². The van der Waals surface area contributed by atoms with Gasteiger partial charge < -0.3 is 14.8 Å². The van der Waals surface area contributed by atoms with Crippen molar-refractivity contribution in [2.75, 3.05) is 30.9 Å². The molecule has 0 spiro atoms. The van der Waals surface area contributed by atoms with Crippen LogP contribution in [0.3, 0.4) is 0 Å². The van der Waals surface area contributed by atoms with Crippen LogP contribution < -0.4 is 10.2 Å². The van der Waals surface area contributed by atoms with E-state index >= 15 is 0 Å². The van der Waals surface area contributed by atoms with E-state index in [0.717, 1.165) is 18.8 Å². The Kier molecular flexibility index (Phi) is 3.94. The molecule has 1 N–H and O–H groups in total. The third-order valence-electron chi connectivity index (χ3n) is 2.58. The van der Waals surface area contributed by atoms with Crippen LogP contribution in [0, 0.1) is 0 Å². The number of rotatable bonds is 5. The Balaban J connectivity index is 2.42. The van der Waals surface area contributed by atoms with E-state index in [4.69, 9.17) is 0 Å². The summed E-state index contributed by atoms with van der Waals surface area (Å²) in [6.45, 7) is 2.93. The van der Waals surface area contributed by atoms with Crippen LogP contribution in [0.15, 0.2) is 12.4 Å². The first-order valence-electron chi connectivity index (χ1n) is 6.26. The molecule has 19 heavy (non-hydrogen) atoms. The number of aryl methyl sites for hydroxylation is 1. The van der Waals surface area contributed by atoms with Gasteiger partial charge in [-0.15, -0.1) is 0 Å². The largest absolute Gasteiger partial charge is 0.354 e. The van der Waals surface area contributed by atoms with E-state index in [1.807, 2.05) is 36.8 Å². The topological polar surface area (TPSA) is 71.8 Å². The highest BCUT2D eigenvalue weighted by atomic mass is 15.3. The Hall–Kier alpha value is -2.18. The number of nitrogens with zero attached hydrogens (tertiary/aromatic N) is 6. The molecule has 0 aliphatic heterocycles. The fraction of sp³-hybridized carbons (Fsp3) is 0.500. The van der Waals surface area contributed by atoms with Gasteiger partial charge in [0.05, 0.1) is 0 Å². The van der Waals surface area contributed by atoms with Gasteiger partial charge in [0, 0.05) is 40.1 Å². The highest BCUT2D eigenvalue weighted by molar-refractivity contribution is 5.50. The smallest absolute Gasteiger partial charge is 0.230 e. The van der Waals surface area contributed by atoms with Crippen LogP contribution in [-0.4, -0.2) is 45.1 Å². The molecule has 2 aromatic rings. The van der Waals surface area contributed by atoms with Crippen molar-refractivity contribution in [1.82, 2.24) is 24.5 Å². The first-order valence-corrected chi connectivity index (χ1v) is 6.26. The van der Waals surface area contributed by atoms with E-state index in [1.165, 1.54) is 0 Å². The second-order valence-corrected chi connectivity index (χ2v) is 4.47. The molecule has 102 valence electrons. The lowest BCUT2D eigenvalue weighted by Crippen LogP contribution is -2.16. The molecule has 0 saturated heterocycles. The number of nitrogens with one attached hydrogen (secondary N) is 1. The molecule has 0 radical (unpaired) electrons. The fourth-order valence-corrected chi connectivity index (χ4v) is 1.56. The zero-order valence-electron chi connectivity index (χ0n) is 11.8. The van der Waals surface area contributed by atoms with Gasteiger partial charge in [0.25, 0.3) is 0 Å². The van der Waals surface area contributed by atoms with Crippen molar-refractivity contribution in [2.45, 2.75) is 13.3 Å². The summed E-state index contributed by atoms with van der Waals surface area (Å²) >= 11 is 0. The number of aromatic nitrogens is 5. The maximum Gasteiger partial charge on any atom is 0.230 e. The van der Waals surface area contributed by atoms with Crippen LogP contribution in [0.4, 0.5) is 11.9 Å². The molecule has 7 nitrogen and oxygen atoms in total. The van der Waals surface area contributed by atoms with Crippen LogP contribution in [0.25, 0.3) is 11.6 Å². The van der Waals surface area contributed by atoms with Gasteiger partial charge in [-0.1, -0.05) is 6.92 Å². The van der Waals surface area contributed by atoms with Gasteiger partial charge in [0.2, 0.25) is 17.7 Å². The molecule has 0 fully saturated rings. The van der Waals surface area contributed by atoms with Gasteiger partial charge in [-0.3, -0.25) is 0 Å². The highest BCUT2D eigenvalue weighted by Gasteiger charge is 2.12. The van der Waals surface area contributed by atoms with Gasteiger partial charge in [0.15, 0.2) is 5.82 Å². The lowest BCUT2D eigenvalue weighted by atomic mass is 10.5. The predicted molar refractivity (Wildman–Crippen MR) is 75.1 cm³/mol. The lowest BCUT2D eigenvalue weighted by Gasteiger charge is -2.13. The standard InChI is InChI=1S/C12H19N7/c1-5-6-14-11-15-9(10-13-7-8-19(10)4)16-12(17-11)18(2)3/h7-8H,5-6H2,1-4H3,(H,14,15,16,17). The minimum atomic E-state index is 0.574. The summed E-state index contributed by atoms with van der Waals surface area (Å²) < 4.78 is 1.89. The SMILES string of the molecule is CCCNc1nc(-c2nccn2C)nc(N(C)C)n1. The quantitative estimate of drug-likeness (QED) is 0.871. The summed E-state index contributed by atoms with van der Waals surface area (Å²) in [4.78, 5) is 19.3. The van der Waals surface area contributed by atoms with Gasteiger partial charge >= 0.3 is 0 Å². The second-order valence-electron chi connectivity index (χ2n) is 4.47. The van der Waals surface area contributed by atoms with Crippen LogP contribution in [-0.2, 0) is 7.05 Å². The minimum Gasteiger partial charge on any atom is -0.354 e. The zero-order chi connectivity index (χ0) is 13.8. The van der Waals surface area contributed by atoms with E-state index in [2.05, 4.69) is 32.2 Å². The van der Waals surface area contributed by atoms with Gasteiger partial charge in [-0.05, 0) is 6.42 Å². The van der Waals surface area contributed by atoms with E-state index in [9.17, 15) is 0 Å². The fourth-order valence-electron chi connectivity index (χ4n) is 1.56. The molecule has 2 heterocycles. The summed E-state index contributed by atoms with van der Waals surface area (Å²) in [5, 5.41) is 3.19. The predicted octanol–water partition coefficient (Wildman–Crippen LogP) is 1.16. The molecule has 2 aromatic heterocycles. The highest BCUT2D eigenvalue weighted by Crippen LogP contribution is 2.16. The third-order valence-corrected chi connectivity index (χ3v) is 2.58. The maximum atomic E-state index is 4.42. The van der Waals surface area contributed by atoms with Crippen LogP contribution in [0.1, 0.15) is 13.3 Å². The Bertz CT molecular complexity index is 547. The normalized spacial score (nSPS) is 10.5. The molecule has 0 atom stereocenters.